The van der Waals surface area contributed by atoms with Crippen LogP contribution in [0.5, 0.6) is 5.75 Å². The highest BCUT2D eigenvalue weighted by molar-refractivity contribution is 5.95. The van der Waals surface area contributed by atoms with Crippen LogP contribution in [0.15, 0.2) is 24.3 Å². The van der Waals surface area contributed by atoms with Crippen LogP contribution in [0.25, 0.3) is 0 Å². The topological polar surface area (TPSA) is 41.6 Å². The van der Waals surface area contributed by atoms with Gasteiger partial charge in [-0.3, -0.25) is 9.69 Å². The van der Waals surface area contributed by atoms with E-state index in [0.717, 1.165) is 25.9 Å². The van der Waals surface area contributed by atoms with Crippen molar-refractivity contribution in [3.05, 3.63) is 24.3 Å². The van der Waals surface area contributed by atoms with Crippen molar-refractivity contribution in [2.45, 2.75) is 46.3 Å². The first-order valence-electron chi connectivity index (χ1n) is 7.90. The second-order valence-corrected chi connectivity index (χ2v) is 6.59. The van der Waals surface area contributed by atoms with E-state index < -0.39 is 12.0 Å². The molecule has 0 saturated carbocycles. The number of halogens is 2. The zero-order chi connectivity index (χ0) is 17.0. The Morgan fingerprint density at radius 2 is 1.96 bits per heavy atom. The number of ether oxygens (including phenoxy) is 1. The first-order chi connectivity index (χ1) is 10.8. The van der Waals surface area contributed by atoms with Crippen molar-refractivity contribution in [2.24, 2.45) is 5.41 Å². The maximum absolute atomic E-state index is 12.6. The second kappa shape index (κ2) is 7.25. The van der Waals surface area contributed by atoms with Gasteiger partial charge in [0.1, 0.15) is 5.75 Å². The lowest BCUT2D eigenvalue weighted by Gasteiger charge is -2.41. The molecule has 1 heterocycles. The quantitative estimate of drug-likeness (QED) is 0.896. The average molecular weight is 326 g/mol. The van der Waals surface area contributed by atoms with Gasteiger partial charge in [0.2, 0.25) is 5.91 Å². The van der Waals surface area contributed by atoms with Gasteiger partial charge in [-0.2, -0.15) is 8.78 Å². The summed E-state index contributed by atoms with van der Waals surface area (Å²) in [6, 6.07) is 6.40. The third-order valence-electron chi connectivity index (χ3n) is 4.34. The number of rotatable bonds is 5. The maximum atomic E-state index is 12.6. The van der Waals surface area contributed by atoms with Crippen LogP contribution in [0.3, 0.4) is 0 Å². The molecule has 1 aliphatic heterocycles. The molecule has 0 bridgehead atoms. The van der Waals surface area contributed by atoms with Crippen molar-refractivity contribution in [3.63, 3.8) is 0 Å². The number of anilines is 1. The molecular weight excluding hydrogens is 302 g/mol. The van der Waals surface area contributed by atoms with Crippen LogP contribution in [-0.4, -0.2) is 36.5 Å². The number of benzene rings is 1. The molecule has 4 nitrogen and oxygen atoms in total. The van der Waals surface area contributed by atoms with E-state index in [4.69, 9.17) is 0 Å². The largest absolute Gasteiger partial charge is 0.435 e. The van der Waals surface area contributed by atoms with Crippen molar-refractivity contribution >= 4 is 11.6 Å². The highest BCUT2D eigenvalue weighted by atomic mass is 19.3. The predicted octanol–water partition coefficient (Wildman–Crippen LogP) is 3.74. The normalized spacial score (nSPS) is 22.4. The fourth-order valence-corrected chi connectivity index (χ4v) is 2.91. The molecule has 1 saturated heterocycles. The third-order valence-corrected chi connectivity index (χ3v) is 4.34. The first-order valence-corrected chi connectivity index (χ1v) is 7.90. The molecular formula is C17H24F2N2O2. The minimum Gasteiger partial charge on any atom is -0.435 e. The van der Waals surface area contributed by atoms with Gasteiger partial charge >= 0.3 is 6.61 Å². The number of likely N-dealkylation sites (tertiary alicyclic amines) is 1. The Bertz CT molecular complexity index is 534. The summed E-state index contributed by atoms with van der Waals surface area (Å²) in [5.74, 6) is 0.0400. The third kappa shape index (κ3) is 4.64. The Labute approximate surface area is 135 Å². The lowest BCUT2D eigenvalue weighted by atomic mass is 9.80. The molecule has 1 fully saturated rings. The Morgan fingerprint density at radius 1 is 1.30 bits per heavy atom. The van der Waals surface area contributed by atoms with Gasteiger partial charge in [0.05, 0.1) is 5.41 Å². The molecule has 0 spiro atoms. The minimum absolute atomic E-state index is 0.0367. The SMILES string of the molecule is CC(C)N1CCCC(C)(C(=O)Nc2ccc(OC(F)F)cc2)C1. The minimum atomic E-state index is -2.85. The lowest BCUT2D eigenvalue weighted by molar-refractivity contribution is -0.128. The highest BCUT2D eigenvalue weighted by Gasteiger charge is 2.38. The van der Waals surface area contributed by atoms with Gasteiger partial charge in [-0.05, 0) is 64.4 Å². The predicted molar refractivity (Wildman–Crippen MR) is 85.8 cm³/mol. The number of nitrogens with zero attached hydrogens (tertiary/aromatic N) is 1. The van der Waals surface area contributed by atoms with E-state index in [0.29, 0.717) is 11.7 Å². The summed E-state index contributed by atoms with van der Waals surface area (Å²) in [5, 5.41) is 2.88. The average Bonchev–Trinajstić information content (AvgIpc) is 2.48. The number of hydrogen-bond donors (Lipinski definition) is 1. The zero-order valence-electron chi connectivity index (χ0n) is 13.8. The van der Waals surface area contributed by atoms with Crippen LogP contribution < -0.4 is 10.1 Å². The van der Waals surface area contributed by atoms with E-state index >= 15 is 0 Å². The lowest BCUT2D eigenvalue weighted by Crippen LogP contribution is -2.50. The van der Waals surface area contributed by atoms with Crippen LogP contribution in [0, 0.1) is 5.41 Å². The van der Waals surface area contributed by atoms with Gasteiger partial charge in [0.15, 0.2) is 0 Å². The maximum Gasteiger partial charge on any atom is 0.387 e. The van der Waals surface area contributed by atoms with E-state index in [9.17, 15) is 13.6 Å². The summed E-state index contributed by atoms with van der Waals surface area (Å²) in [4.78, 5) is 14.9. The standard InChI is InChI=1S/C17H24F2N2O2/c1-12(2)21-10-4-9-17(3,11-21)15(22)20-13-5-7-14(8-6-13)23-16(18)19/h5-8,12,16H,4,9-11H2,1-3H3,(H,20,22). The van der Waals surface area contributed by atoms with Crippen molar-refractivity contribution < 1.29 is 18.3 Å². The molecule has 6 heteroatoms. The monoisotopic (exact) mass is 326 g/mol. The Balaban J connectivity index is 2.00. The van der Waals surface area contributed by atoms with E-state index in [1.807, 2.05) is 6.92 Å². The summed E-state index contributed by atoms with van der Waals surface area (Å²) >= 11 is 0. The molecule has 0 aromatic heterocycles. The first kappa shape index (κ1) is 17.7. The number of carbonyl (C=O) groups is 1. The van der Waals surface area contributed by atoms with Gasteiger partial charge in [0, 0.05) is 18.3 Å². The van der Waals surface area contributed by atoms with Gasteiger partial charge in [0.25, 0.3) is 0 Å². The van der Waals surface area contributed by atoms with Crippen LogP contribution in [-0.2, 0) is 4.79 Å². The van der Waals surface area contributed by atoms with Crippen LogP contribution >= 0.6 is 0 Å². The van der Waals surface area contributed by atoms with Crippen molar-refractivity contribution in [2.75, 3.05) is 18.4 Å². The number of carbonyl (C=O) groups excluding carboxylic acids is 1. The fraction of sp³-hybridized carbons (Fsp3) is 0.588. The fourth-order valence-electron chi connectivity index (χ4n) is 2.91. The second-order valence-electron chi connectivity index (χ2n) is 6.59. The number of hydrogen-bond acceptors (Lipinski definition) is 3. The number of alkyl halides is 2. The zero-order valence-corrected chi connectivity index (χ0v) is 13.8. The number of piperidine rings is 1. The molecule has 0 radical (unpaired) electrons. The molecule has 2 rings (SSSR count). The van der Waals surface area contributed by atoms with Gasteiger partial charge in [-0.1, -0.05) is 0 Å². The molecule has 23 heavy (non-hydrogen) atoms. The molecule has 1 aromatic rings. The smallest absolute Gasteiger partial charge is 0.387 e. The molecule has 1 unspecified atom stereocenters. The van der Waals surface area contributed by atoms with Gasteiger partial charge in [-0.15, -0.1) is 0 Å². The van der Waals surface area contributed by atoms with Crippen LogP contribution in [0.4, 0.5) is 14.5 Å². The molecule has 1 N–H and O–H groups in total. The number of amides is 1. The summed E-state index contributed by atoms with van der Waals surface area (Å²) < 4.78 is 28.6. The van der Waals surface area contributed by atoms with Crippen molar-refractivity contribution in [3.8, 4) is 5.75 Å². The molecule has 1 atom stereocenters. The van der Waals surface area contributed by atoms with E-state index in [1.54, 1.807) is 12.1 Å². The Hall–Kier alpha value is -1.69. The summed E-state index contributed by atoms with van der Waals surface area (Å²) in [5.41, 5.74) is 0.139. The number of nitrogens with one attached hydrogen (secondary N) is 1. The molecule has 0 aliphatic carbocycles. The molecule has 1 aliphatic rings. The van der Waals surface area contributed by atoms with E-state index in [1.165, 1.54) is 12.1 Å². The molecule has 1 amide bonds. The summed E-state index contributed by atoms with van der Waals surface area (Å²) in [6.07, 6.45) is 1.83. The van der Waals surface area contributed by atoms with Crippen LogP contribution in [0.1, 0.15) is 33.6 Å². The molecule has 128 valence electrons. The Morgan fingerprint density at radius 3 is 2.52 bits per heavy atom. The van der Waals surface area contributed by atoms with Gasteiger partial charge < -0.3 is 10.1 Å². The van der Waals surface area contributed by atoms with Crippen molar-refractivity contribution in [1.29, 1.82) is 0 Å². The van der Waals surface area contributed by atoms with Crippen LogP contribution in [0.2, 0.25) is 0 Å². The molecule has 1 aromatic carbocycles. The van der Waals surface area contributed by atoms with E-state index in [2.05, 4.69) is 28.8 Å². The Kier molecular flexibility index (Phi) is 5.57. The van der Waals surface area contributed by atoms with Gasteiger partial charge in [-0.25, -0.2) is 0 Å². The summed E-state index contributed by atoms with van der Waals surface area (Å²) in [7, 11) is 0. The highest BCUT2D eigenvalue weighted by Crippen LogP contribution is 2.32. The summed E-state index contributed by atoms with van der Waals surface area (Å²) in [6.45, 7) is 5.13. The van der Waals surface area contributed by atoms with Crippen molar-refractivity contribution in [1.82, 2.24) is 4.90 Å². The van der Waals surface area contributed by atoms with E-state index in [-0.39, 0.29) is 11.7 Å².